The Morgan fingerprint density at radius 1 is 1.21 bits per heavy atom. The van der Waals surface area contributed by atoms with Crippen LogP contribution in [0.1, 0.15) is 19.2 Å². The Kier molecular flexibility index (Phi) is 4.82. The van der Waals surface area contributed by atoms with Crippen LogP contribution in [-0.2, 0) is 18.3 Å². The molecule has 0 aliphatic carbocycles. The molecule has 0 saturated carbocycles. The summed E-state index contributed by atoms with van der Waals surface area (Å²) in [7, 11) is 1.67. The highest BCUT2D eigenvalue weighted by atomic mass is 32.1. The van der Waals surface area contributed by atoms with Crippen LogP contribution in [0.25, 0.3) is 16.0 Å². The van der Waals surface area contributed by atoms with Crippen molar-refractivity contribution in [2.45, 2.75) is 19.8 Å². The van der Waals surface area contributed by atoms with Gasteiger partial charge in [0.15, 0.2) is 0 Å². The minimum Gasteiger partial charge on any atom is -0.494 e. The molecule has 9 heteroatoms. The first-order valence-electron chi connectivity index (χ1n) is 8.91. The van der Waals surface area contributed by atoms with E-state index in [0.717, 1.165) is 11.3 Å². The molecular formula is C19H19N5O3S. The lowest BCUT2D eigenvalue weighted by Gasteiger charge is -2.07. The number of carbonyl (C=O) groups is 1. The predicted molar refractivity (Wildman–Crippen MR) is 108 cm³/mol. The Morgan fingerprint density at radius 2 is 2.00 bits per heavy atom. The van der Waals surface area contributed by atoms with E-state index >= 15 is 0 Å². The number of aromatic nitrogens is 4. The maximum atomic E-state index is 12.4. The van der Waals surface area contributed by atoms with Gasteiger partial charge in [0.2, 0.25) is 11.7 Å². The molecule has 28 heavy (non-hydrogen) atoms. The van der Waals surface area contributed by atoms with E-state index in [9.17, 15) is 9.59 Å². The van der Waals surface area contributed by atoms with Crippen LogP contribution >= 0.6 is 11.3 Å². The Balaban J connectivity index is 1.51. The number of rotatable bonds is 6. The van der Waals surface area contributed by atoms with Gasteiger partial charge in [-0.2, -0.15) is 0 Å². The lowest BCUT2D eigenvalue weighted by Crippen LogP contribution is -2.19. The van der Waals surface area contributed by atoms with Crippen molar-refractivity contribution in [3.63, 3.8) is 0 Å². The van der Waals surface area contributed by atoms with E-state index in [4.69, 9.17) is 4.74 Å². The van der Waals surface area contributed by atoms with Crippen molar-refractivity contribution in [2.24, 2.45) is 7.05 Å². The van der Waals surface area contributed by atoms with Gasteiger partial charge in [-0.3, -0.25) is 18.6 Å². The highest BCUT2D eigenvalue weighted by Crippen LogP contribution is 2.20. The SMILES string of the molecule is CCOc1ccc(NC(=O)CCc2nnc3n(C)c(=O)c4sccc4n23)cc1. The Bertz CT molecular complexity index is 1210. The minimum atomic E-state index is -0.118. The molecule has 0 spiro atoms. The molecule has 4 aromatic rings. The van der Waals surface area contributed by atoms with Crippen LogP contribution in [-0.4, -0.2) is 31.7 Å². The van der Waals surface area contributed by atoms with Gasteiger partial charge in [-0.1, -0.05) is 0 Å². The van der Waals surface area contributed by atoms with Crippen molar-refractivity contribution in [2.75, 3.05) is 11.9 Å². The molecule has 1 amide bonds. The van der Waals surface area contributed by atoms with Crippen LogP contribution in [0, 0.1) is 0 Å². The normalized spacial score (nSPS) is 11.2. The second-order valence-corrected chi connectivity index (χ2v) is 7.17. The third-order valence-corrected chi connectivity index (χ3v) is 5.31. The zero-order valence-electron chi connectivity index (χ0n) is 15.5. The van der Waals surface area contributed by atoms with E-state index in [1.807, 2.05) is 34.9 Å². The van der Waals surface area contributed by atoms with E-state index in [1.165, 1.54) is 15.9 Å². The topological polar surface area (TPSA) is 90.5 Å². The summed E-state index contributed by atoms with van der Waals surface area (Å²) in [6, 6.07) is 9.12. The number of carbonyl (C=O) groups excluding carboxylic acids is 1. The van der Waals surface area contributed by atoms with Crippen LogP contribution in [0.4, 0.5) is 5.69 Å². The van der Waals surface area contributed by atoms with Gasteiger partial charge in [-0.15, -0.1) is 21.5 Å². The van der Waals surface area contributed by atoms with Gasteiger partial charge in [0.1, 0.15) is 16.3 Å². The van der Waals surface area contributed by atoms with Crippen molar-refractivity contribution in [1.82, 2.24) is 19.2 Å². The van der Waals surface area contributed by atoms with Crippen molar-refractivity contribution in [3.8, 4) is 5.75 Å². The monoisotopic (exact) mass is 397 g/mol. The number of hydrogen-bond donors (Lipinski definition) is 1. The van der Waals surface area contributed by atoms with Crippen molar-refractivity contribution >= 4 is 38.9 Å². The van der Waals surface area contributed by atoms with E-state index in [0.29, 0.717) is 35.0 Å². The fourth-order valence-corrected chi connectivity index (χ4v) is 3.92. The number of nitrogens with zero attached hydrogens (tertiary/aromatic N) is 4. The maximum absolute atomic E-state index is 12.4. The molecule has 144 valence electrons. The van der Waals surface area contributed by atoms with Crippen molar-refractivity contribution in [3.05, 3.63) is 51.9 Å². The molecule has 0 bridgehead atoms. The average molecular weight is 397 g/mol. The number of aryl methyl sites for hydroxylation is 2. The number of benzene rings is 1. The van der Waals surface area contributed by atoms with Gasteiger partial charge < -0.3 is 10.1 Å². The summed E-state index contributed by atoms with van der Waals surface area (Å²) in [5, 5.41) is 13.1. The number of fused-ring (bicyclic) bond motifs is 3. The van der Waals surface area contributed by atoms with E-state index in [1.54, 1.807) is 19.2 Å². The molecule has 4 rings (SSSR count). The fourth-order valence-electron chi connectivity index (χ4n) is 3.06. The standard InChI is InChI=1S/C19H19N5O3S/c1-3-27-13-6-4-12(5-7-13)20-16(25)9-8-15-21-22-19-23(2)18(26)17-14(24(15)19)10-11-28-17/h4-7,10-11H,3,8-9H2,1-2H3,(H,20,25). The fraction of sp³-hybridized carbons (Fsp3) is 0.263. The average Bonchev–Trinajstić information content (AvgIpc) is 3.33. The van der Waals surface area contributed by atoms with Gasteiger partial charge in [-0.25, -0.2) is 0 Å². The van der Waals surface area contributed by atoms with Gasteiger partial charge in [0.05, 0.1) is 12.1 Å². The highest BCUT2D eigenvalue weighted by Gasteiger charge is 2.16. The third kappa shape index (κ3) is 3.24. The molecule has 3 heterocycles. The largest absolute Gasteiger partial charge is 0.494 e. The Hall–Kier alpha value is -3.20. The van der Waals surface area contributed by atoms with Crippen molar-refractivity contribution < 1.29 is 9.53 Å². The summed E-state index contributed by atoms with van der Waals surface area (Å²) in [6.07, 6.45) is 0.662. The number of ether oxygens (including phenoxy) is 1. The third-order valence-electron chi connectivity index (χ3n) is 4.42. The van der Waals surface area contributed by atoms with Crippen molar-refractivity contribution in [1.29, 1.82) is 0 Å². The first-order valence-corrected chi connectivity index (χ1v) is 9.79. The molecule has 0 saturated heterocycles. The lowest BCUT2D eigenvalue weighted by molar-refractivity contribution is -0.116. The van der Waals surface area contributed by atoms with E-state index < -0.39 is 0 Å². The highest BCUT2D eigenvalue weighted by molar-refractivity contribution is 7.17. The Labute approximate surface area is 164 Å². The smallest absolute Gasteiger partial charge is 0.272 e. The van der Waals surface area contributed by atoms with Gasteiger partial charge in [-0.05, 0) is 42.6 Å². The minimum absolute atomic E-state index is 0.0929. The van der Waals surface area contributed by atoms with Crippen LogP contribution in [0.5, 0.6) is 5.75 Å². The number of nitrogens with one attached hydrogen (secondary N) is 1. The van der Waals surface area contributed by atoms with E-state index in [-0.39, 0.29) is 17.9 Å². The predicted octanol–water partition coefficient (Wildman–Crippen LogP) is 2.61. The van der Waals surface area contributed by atoms with Crippen LogP contribution in [0.2, 0.25) is 0 Å². The first kappa shape index (κ1) is 18.2. The summed E-state index contributed by atoms with van der Waals surface area (Å²) in [4.78, 5) is 24.7. The number of hydrogen-bond acceptors (Lipinski definition) is 6. The molecule has 0 aliphatic heterocycles. The molecule has 0 radical (unpaired) electrons. The summed E-state index contributed by atoms with van der Waals surface area (Å²) >= 11 is 1.39. The number of amides is 1. The summed E-state index contributed by atoms with van der Waals surface area (Å²) < 4.78 is 9.37. The first-order chi connectivity index (χ1) is 13.6. The zero-order valence-corrected chi connectivity index (χ0v) is 16.3. The quantitative estimate of drug-likeness (QED) is 0.540. The maximum Gasteiger partial charge on any atom is 0.272 e. The second kappa shape index (κ2) is 7.43. The molecule has 0 unspecified atom stereocenters. The number of anilines is 1. The summed E-state index contributed by atoms with van der Waals surface area (Å²) in [5.74, 6) is 1.77. The molecule has 0 fully saturated rings. The molecule has 1 N–H and O–H groups in total. The summed E-state index contributed by atoms with van der Waals surface area (Å²) in [6.45, 7) is 2.52. The molecular weight excluding hydrogens is 378 g/mol. The molecule has 8 nitrogen and oxygen atoms in total. The summed E-state index contributed by atoms with van der Waals surface area (Å²) in [5.41, 5.74) is 1.39. The Morgan fingerprint density at radius 3 is 2.75 bits per heavy atom. The lowest BCUT2D eigenvalue weighted by atomic mass is 10.2. The van der Waals surface area contributed by atoms with Crippen LogP contribution in [0.3, 0.4) is 0 Å². The molecule has 1 aromatic carbocycles. The van der Waals surface area contributed by atoms with Crippen LogP contribution < -0.4 is 15.6 Å². The van der Waals surface area contributed by atoms with Gasteiger partial charge in [0, 0.05) is 25.6 Å². The zero-order chi connectivity index (χ0) is 19.7. The molecule has 3 aromatic heterocycles. The second-order valence-electron chi connectivity index (χ2n) is 6.26. The molecule has 0 atom stereocenters. The van der Waals surface area contributed by atoms with Gasteiger partial charge in [0.25, 0.3) is 5.56 Å². The number of thiophene rings is 1. The van der Waals surface area contributed by atoms with Gasteiger partial charge >= 0.3 is 0 Å². The van der Waals surface area contributed by atoms with Crippen LogP contribution in [0.15, 0.2) is 40.5 Å². The van der Waals surface area contributed by atoms with E-state index in [2.05, 4.69) is 15.5 Å². The molecule has 0 aliphatic rings.